The molecule has 0 fully saturated rings. The van der Waals surface area contributed by atoms with E-state index in [0.29, 0.717) is 0 Å². The Morgan fingerprint density at radius 2 is 1.95 bits per heavy atom. The minimum absolute atomic E-state index is 0.0451. The van der Waals surface area contributed by atoms with Gasteiger partial charge in [0.1, 0.15) is 22.4 Å². The molecule has 1 heterocycles. The summed E-state index contributed by atoms with van der Waals surface area (Å²) < 4.78 is 26.3. The van der Waals surface area contributed by atoms with E-state index in [1.54, 1.807) is 0 Å². The Morgan fingerprint density at radius 3 is 2.52 bits per heavy atom. The third-order valence-corrected chi connectivity index (χ3v) is 3.92. The van der Waals surface area contributed by atoms with E-state index in [-0.39, 0.29) is 29.6 Å². The van der Waals surface area contributed by atoms with Crippen molar-refractivity contribution in [2.75, 3.05) is 0 Å². The predicted molar refractivity (Wildman–Crippen MR) is 79.6 cm³/mol. The maximum absolute atomic E-state index is 13.5. The minimum atomic E-state index is -0.683. The molecule has 0 N–H and O–H groups in total. The summed E-state index contributed by atoms with van der Waals surface area (Å²) in [7, 11) is 0. The third-order valence-electron chi connectivity index (χ3n) is 3.07. The van der Waals surface area contributed by atoms with Crippen molar-refractivity contribution in [3.8, 4) is 0 Å². The molecule has 0 atom stereocenters. The molecule has 0 spiro atoms. The summed E-state index contributed by atoms with van der Waals surface area (Å²) in [5, 5.41) is 2.67. The molecule has 2 rings (SSSR count). The van der Waals surface area contributed by atoms with Gasteiger partial charge < -0.3 is 0 Å². The Morgan fingerprint density at radius 1 is 1.24 bits per heavy atom. The Balaban J connectivity index is 2.03. The first-order valence-electron chi connectivity index (χ1n) is 6.66. The molecule has 0 unspecified atom stereocenters. The standard InChI is InChI=1S/C16H17F2NOS/c1-16(2,3)14-9-21-15(19-14)8-12(20)6-10-4-5-11(17)7-13(10)18/h4-5,7,9H,6,8H2,1-3H3. The van der Waals surface area contributed by atoms with Crippen LogP contribution in [0.1, 0.15) is 37.0 Å². The van der Waals surface area contributed by atoms with Gasteiger partial charge in [0, 0.05) is 23.3 Å². The van der Waals surface area contributed by atoms with E-state index in [2.05, 4.69) is 25.8 Å². The number of rotatable bonds is 4. The van der Waals surface area contributed by atoms with E-state index in [1.165, 1.54) is 17.4 Å². The van der Waals surface area contributed by atoms with Gasteiger partial charge in [0.05, 0.1) is 12.1 Å². The number of halogens is 2. The molecule has 0 bridgehead atoms. The average molecular weight is 309 g/mol. The zero-order valence-electron chi connectivity index (χ0n) is 12.2. The monoisotopic (exact) mass is 309 g/mol. The van der Waals surface area contributed by atoms with Gasteiger partial charge in [-0.2, -0.15) is 0 Å². The molecule has 0 aliphatic rings. The first kappa shape index (κ1) is 15.8. The summed E-state index contributed by atoms with van der Waals surface area (Å²) in [6.07, 6.45) is 0.133. The number of carbonyl (C=O) groups is 1. The molecule has 5 heteroatoms. The second-order valence-electron chi connectivity index (χ2n) is 6.00. The van der Waals surface area contributed by atoms with Gasteiger partial charge in [-0.25, -0.2) is 13.8 Å². The number of aromatic nitrogens is 1. The molecule has 0 aliphatic carbocycles. The van der Waals surface area contributed by atoms with Crippen molar-refractivity contribution in [3.63, 3.8) is 0 Å². The van der Waals surface area contributed by atoms with Crippen LogP contribution in [0, 0.1) is 11.6 Å². The van der Waals surface area contributed by atoms with Crippen LogP contribution < -0.4 is 0 Å². The van der Waals surface area contributed by atoms with Gasteiger partial charge in [0.25, 0.3) is 0 Å². The number of carbonyl (C=O) groups excluding carboxylic acids is 1. The maximum Gasteiger partial charge on any atom is 0.144 e. The zero-order valence-corrected chi connectivity index (χ0v) is 13.1. The van der Waals surface area contributed by atoms with Gasteiger partial charge >= 0.3 is 0 Å². The van der Waals surface area contributed by atoms with Crippen LogP contribution in [-0.4, -0.2) is 10.8 Å². The van der Waals surface area contributed by atoms with Crippen LogP contribution >= 0.6 is 11.3 Å². The molecular formula is C16H17F2NOS. The summed E-state index contributed by atoms with van der Waals surface area (Å²) in [4.78, 5) is 16.4. The lowest BCUT2D eigenvalue weighted by atomic mass is 9.93. The third kappa shape index (κ3) is 4.17. The van der Waals surface area contributed by atoms with Gasteiger partial charge in [-0.05, 0) is 11.6 Å². The number of Topliss-reactive ketones (excluding diaryl/α,β-unsaturated/α-hetero) is 1. The second-order valence-corrected chi connectivity index (χ2v) is 6.95. The number of benzene rings is 1. The van der Waals surface area contributed by atoms with Crippen molar-refractivity contribution in [1.82, 2.24) is 4.98 Å². The predicted octanol–water partition coefficient (Wildman–Crippen LogP) is 4.07. The summed E-state index contributed by atoms with van der Waals surface area (Å²) in [6, 6.07) is 3.27. The Labute approximate surface area is 126 Å². The van der Waals surface area contributed by atoms with Crippen molar-refractivity contribution in [2.45, 2.75) is 39.0 Å². The van der Waals surface area contributed by atoms with Gasteiger partial charge in [-0.3, -0.25) is 4.79 Å². The molecule has 0 saturated heterocycles. The lowest BCUT2D eigenvalue weighted by molar-refractivity contribution is -0.117. The van der Waals surface area contributed by atoms with Crippen LogP contribution in [0.25, 0.3) is 0 Å². The summed E-state index contributed by atoms with van der Waals surface area (Å²) in [5.41, 5.74) is 1.11. The van der Waals surface area contributed by atoms with E-state index >= 15 is 0 Å². The fourth-order valence-corrected chi connectivity index (χ4v) is 2.89. The number of ketones is 1. The quantitative estimate of drug-likeness (QED) is 0.852. The average Bonchev–Trinajstić information content (AvgIpc) is 2.81. The molecule has 1 aromatic heterocycles. The van der Waals surface area contributed by atoms with Crippen LogP contribution in [-0.2, 0) is 23.1 Å². The molecule has 0 saturated carbocycles. The number of nitrogens with zero attached hydrogens (tertiary/aromatic N) is 1. The first-order chi connectivity index (χ1) is 9.75. The van der Waals surface area contributed by atoms with Crippen LogP contribution in [0.5, 0.6) is 0 Å². The first-order valence-corrected chi connectivity index (χ1v) is 7.54. The lowest BCUT2D eigenvalue weighted by Gasteiger charge is -2.14. The smallest absolute Gasteiger partial charge is 0.144 e. The van der Waals surface area contributed by atoms with E-state index in [1.807, 2.05) is 5.38 Å². The molecule has 21 heavy (non-hydrogen) atoms. The van der Waals surface area contributed by atoms with Gasteiger partial charge in [0.2, 0.25) is 0 Å². The van der Waals surface area contributed by atoms with E-state index in [4.69, 9.17) is 0 Å². The molecule has 0 amide bonds. The van der Waals surface area contributed by atoms with Crippen LogP contribution in [0.4, 0.5) is 8.78 Å². The van der Waals surface area contributed by atoms with Crippen molar-refractivity contribution in [3.05, 3.63) is 51.5 Å². The van der Waals surface area contributed by atoms with E-state index < -0.39 is 11.6 Å². The van der Waals surface area contributed by atoms with Gasteiger partial charge in [0.15, 0.2) is 0 Å². The van der Waals surface area contributed by atoms with Crippen molar-refractivity contribution in [2.24, 2.45) is 0 Å². The number of hydrogen-bond acceptors (Lipinski definition) is 3. The van der Waals surface area contributed by atoms with E-state index in [0.717, 1.165) is 22.8 Å². The summed E-state index contributed by atoms with van der Waals surface area (Å²) >= 11 is 1.44. The second kappa shape index (κ2) is 6.02. The van der Waals surface area contributed by atoms with E-state index in [9.17, 15) is 13.6 Å². The Kier molecular flexibility index (Phi) is 4.52. The van der Waals surface area contributed by atoms with Gasteiger partial charge in [-0.1, -0.05) is 26.8 Å². The molecule has 1 aromatic carbocycles. The van der Waals surface area contributed by atoms with Gasteiger partial charge in [-0.15, -0.1) is 11.3 Å². The highest BCUT2D eigenvalue weighted by Gasteiger charge is 2.18. The molecule has 0 radical (unpaired) electrons. The number of thiazole rings is 1. The zero-order chi connectivity index (χ0) is 15.6. The SMILES string of the molecule is CC(C)(C)c1csc(CC(=O)Cc2ccc(F)cc2F)n1. The summed E-state index contributed by atoms with van der Waals surface area (Å²) in [6.45, 7) is 6.17. The fourth-order valence-electron chi connectivity index (χ4n) is 1.85. The highest BCUT2D eigenvalue weighted by Crippen LogP contribution is 2.24. The minimum Gasteiger partial charge on any atom is -0.299 e. The molecule has 2 aromatic rings. The molecule has 0 aliphatic heterocycles. The molecule has 112 valence electrons. The molecule has 2 nitrogen and oxygen atoms in total. The van der Waals surface area contributed by atoms with Crippen molar-refractivity contribution >= 4 is 17.1 Å². The molecular weight excluding hydrogens is 292 g/mol. The normalized spacial score (nSPS) is 11.7. The highest BCUT2D eigenvalue weighted by molar-refractivity contribution is 7.09. The largest absolute Gasteiger partial charge is 0.299 e. The summed E-state index contributed by atoms with van der Waals surface area (Å²) in [5.74, 6) is -1.45. The Bertz CT molecular complexity index is 659. The highest BCUT2D eigenvalue weighted by atomic mass is 32.1. The lowest BCUT2D eigenvalue weighted by Crippen LogP contribution is -2.12. The maximum atomic E-state index is 13.5. The fraction of sp³-hybridized carbons (Fsp3) is 0.375. The Hall–Kier alpha value is -1.62. The number of hydrogen-bond donors (Lipinski definition) is 0. The van der Waals surface area contributed by atoms with Crippen LogP contribution in [0.15, 0.2) is 23.6 Å². The van der Waals surface area contributed by atoms with Crippen LogP contribution in [0.2, 0.25) is 0 Å². The van der Waals surface area contributed by atoms with Crippen LogP contribution in [0.3, 0.4) is 0 Å². The van der Waals surface area contributed by atoms with Crippen molar-refractivity contribution < 1.29 is 13.6 Å². The topological polar surface area (TPSA) is 30.0 Å². The van der Waals surface area contributed by atoms with Crippen molar-refractivity contribution in [1.29, 1.82) is 0 Å².